The molecule has 0 aromatic heterocycles. The van der Waals surface area contributed by atoms with Gasteiger partial charge < -0.3 is 15.4 Å². The third-order valence-corrected chi connectivity index (χ3v) is 3.94. The van der Waals surface area contributed by atoms with Gasteiger partial charge in [0.1, 0.15) is 0 Å². The predicted octanol–water partition coefficient (Wildman–Crippen LogP) is 2.93. The summed E-state index contributed by atoms with van der Waals surface area (Å²) in [5.74, 6) is 1.21. The van der Waals surface area contributed by atoms with E-state index in [0.29, 0.717) is 29.5 Å². The van der Waals surface area contributed by atoms with Crippen LogP contribution in [0, 0.1) is 5.92 Å². The molecule has 0 bridgehead atoms. The van der Waals surface area contributed by atoms with Crippen molar-refractivity contribution >= 4 is 11.6 Å². The highest BCUT2D eigenvalue weighted by molar-refractivity contribution is 5.98. The van der Waals surface area contributed by atoms with Gasteiger partial charge in [0.2, 0.25) is 0 Å². The highest BCUT2D eigenvalue weighted by Crippen LogP contribution is 2.30. The lowest BCUT2D eigenvalue weighted by molar-refractivity contribution is 0.0702. The number of nitrogens with zero attached hydrogens (tertiary/aromatic N) is 1. The molecule has 1 aromatic rings. The minimum atomic E-state index is 0.0233. The summed E-state index contributed by atoms with van der Waals surface area (Å²) >= 11 is 0. The number of nitrogens with two attached hydrogens (primary N) is 1. The quantitative estimate of drug-likeness (QED) is 0.813. The molecule has 1 saturated carbocycles. The molecule has 2 N–H and O–H groups in total. The van der Waals surface area contributed by atoms with E-state index in [-0.39, 0.29) is 5.91 Å². The normalized spacial score (nSPS) is 14.7. The number of nitrogen functional groups attached to an aromatic ring is 1. The first-order chi connectivity index (χ1) is 9.67. The number of benzene rings is 1. The highest BCUT2D eigenvalue weighted by Gasteiger charge is 2.25. The zero-order chi connectivity index (χ0) is 14.5. The van der Waals surface area contributed by atoms with Gasteiger partial charge in [0.15, 0.2) is 5.75 Å². The van der Waals surface area contributed by atoms with Crippen molar-refractivity contribution in [3.8, 4) is 5.75 Å². The standard InChI is InChI=1S/C16H24N2O2/c1-3-18(11-12-7-5-8-12)16(19)13-9-6-10-14(17)15(13)20-4-2/h6,9-10,12H,3-5,7-8,11,17H2,1-2H3. The number of anilines is 1. The van der Waals surface area contributed by atoms with E-state index in [4.69, 9.17) is 10.5 Å². The summed E-state index contributed by atoms with van der Waals surface area (Å²) in [5.41, 5.74) is 7.03. The van der Waals surface area contributed by atoms with E-state index in [1.165, 1.54) is 19.3 Å². The second-order valence-corrected chi connectivity index (χ2v) is 5.30. The lowest BCUT2D eigenvalue weighted by Gasteiger charge is -2.32. The largest absolute Gasteiger partial charge is 0.491 e. The molecule has 1 aliphatic rings. The van der Waals surface area contributed by atoms with Crippen molar-refractivity contribution < 1.29 is 9.53 Å². The summed E-state index contributed by atoms with van der Waals surface area (Å²) in [6.07, 6.45) is 3.76. The van der Waals surface area contributed by atoms with Gasteiger partial charge in [-0.15, -0.1) is 0 Å². The Balaban J connectivity index is 2.19. The fourth-order valence-corrected chi connectivity index (χ4v) is 2.54. The van der Waals surface area contributed by atoms with E-state index >= 15 is 0 Å². The number of ether oxygens (including phenoxy) is 1. The molecule has 0 unspecified atom stereocenters. The van der Waals surface area contributed by atoms with Gasteiger partial charge in [-0.25, -0.2) is 0 Å². The first-order valence-corrected chi connectivity index (χ1v) is 7.47. The maximum absolute atomic E-state index is 12.7. The molecule has 20 heavy (non-hydrogen) atoms. The van der Waals surface area contributed by atoms with Crippen molar-refractivity contribution in [2.24, 2.45) is 5.92 Å². The van der Waals surface area contributed by atoms with Crippen LogP contribution in [0.4, 0.5) is 5.69 Å². The van der Waals surface area contributed by atoms with Gasteiger partial charge in [0, 0.05) is 13.1 Å². The Bertz CT molecular complexity index is 470. The third kappa shape index (κ3) is 3.06. The van der Waals surface area contributed by atoms with E-state index in [0.717, 1.165) is 13.1 Å². The van der Waals surface area contributed by atoms with Crippen LogP contribution in [0.5, 0.6) is 5.75 Å². The molecule has 4 heteroatoms. The lowest BCUT2D eigenvalue weighted by atomic mass is 9.85. The Morgan fingerprint density at radius 3 is 2.70 bits per heavy atom. The molecule has 0 saturated heterocycles. The maximum Gasteiger partial charge on any atom is 0.257 e. The van der Waals surface area contributed by atoms with Crippen LogP contribution in [0.25, 0.3) is 0 Å². The van der Waals surface area contributed by atoms with E-state index in [2.05, 4.69) is 0 Å². The monoisotopic (exact) mass is 276 g/mol. The van der Waals surface area contributed by atoms with Gasteiger partial charge in [-0.05, 0) is 44.7 Å². The van der Waals surface area contributed by atoms with Crippen molar-refractivity contribution in [3.63, 3.8) is 0 Å². The molecule has 1 aromatic carbocycles. The number of amides is 1. The van der Waals surface area contributed by atoms with Gasteiger partial charge in [0.25, 0.3) is 5.91 Å². The molecule has 0 radical (unpaired) electrons. The van der Waals surface area contributed by atoms with Crippen LogP contribution >= 0.6 is 0 Å². The molecule has 1 fully saturated rings. The Labute approximate surface area is 120 Å². The maximum atomic E-state index is 12.7. The number of carbonyl (C=O) groups excluding carboxylic acids is 1. The SMILES string of the molecule is CCOc1c(N)cccc1C(=O)N(CC)CC1CCC1. The highest BCUT2D eigenvalue weighted by atomic mass is 16.5. The van der Waals surface area contributed by atoms with E-state index in [9.17, 15) is 4.79 Å². The van der Waals surface area contributed by atoms with Crippen molar-refractivity contribution in [1.82, 2.24) is 4.90 Å². The zero-order valence-electron chi connectivity index (χ0n) is 12.4. The van der Waals surface area contributed by atoms with E-state index in [1.54, 1.807) is 12.1 Å². The number of hydrogen-bond acceptors (Lipinski definition) is 3. The molecule has 2 rings (SSSR count). The topological polar surface area (TPSA) is 55.6 Å². The van der Waals surface area contributed by atoms with Crippen LogP contribution in [0.2, 0.25) is 0 Å². The third-order valence-electron chi connectivity index (χ3n) is 3.94. The van der Waals surface area contributed by atoms with Crippen molar-refractivity contribution in [2.75, 3.05) is 25.4 Å². The molecule has 0 aliphatic heterocycles. The second-order valence-electron chi connectivity index (χ2n) is 5.30. The number of para-hydroxylation sites is 1. The fourth-order valence-electron chi connectivity index (χ4n) is 2.54. The summed E-state index contributed by atoms with van der Waals surface area (Å²) in [4.78, 5) is 14.6. The lowest BCUT2D eigenvalue weighted by Crippen LogP contribution is -2.37. The van der Waals surface area contributed by atoms with Gasteiger partial charge in [-0.2, -0.15) is 0 Å². The first kappa shape index (κ1) is 14.7. The summed E-state index contributed by atoms with van der Waals surface area (Å²) in [6, 6.07) is 5.37. The molecule has 1 amide bonds. The summed E-state index contributed by atoms with van der Waals surface area (Å²) in [5, 5.41) is 0. The minimum Gasteiger partial charge on any atom is -0.491 e. The van der Waals surface area contributed by atoms with Gasteiger partial charge in [-0.3, -0.25) is 4.79 Å². The average Bonchev–Trinajstić information content (AvgIpc) is 2.40. The minimum absolute atomic E-state index is 0.0233. The van der Waals surface area contributed by atoms with Gasteiger partial charge in [0.05, 0.1) is 17.9 Å². The van der Waals surface area contributed by atoms with Crippen molar-refractivity contribution in [1.29, 1.82) is 0 Å². The Morgan fingerprint density at radius 1 is 1.40 bits per heavy atom. The predicted molar refractivity (Wildman–Crippen MR) is 80.9 cm³/mol. The number of carbonyl (C=O) groups is 1. The van der Waals surface area contributed by atoms with Crippen LogP contribution in [-0.2, 0) is 0 Å². The Hall–Kier alpha value is -1.71. The fraction of sp³-hybridized carbons (Fsp3) is 0.562. The molecule has 0 heterocycles. The zero-order valence-corrected chi connectivity index (χ0v) is 12.4. The molecule has 1 aliphatic carbocycles. The second kappa shape index (κ2) is 6.64. The molecule has 0 spiro atoms. The van der Waals surface area contributed by atoms with Gasteiger partial charge >= 0.3 is 0 Å². The van der Waals surface area contributed by atoms with E-state index < -0.39 is 0 Å². The Kier molecular flexibility index (Phi) is 4.88. The molecule has 110 valence electrons. The van der Waals surface area contributed by atoms with Gasteiger partial charge in [-0.1, -0.05) is 12.5 Å². The van der Waals surface area contributed by atoms with E-state index in [1.807, 2.05) is 24.8 Å². The molecular formula is C16H24N2O2. The summed E-state index contributed by atoms with van der Waals surface area (Å²) in [7, 11) is 0. The van der Waals surface area contributed by atoms with Crippen molar-refractivity contribution in [3.05, 3.63) is 23.8 Å². The molecule has 4 nitrogen and oxygen atoms in total. The smallest absolute Gasteiger partial charge is 0.257 e. The van der Waals surface area contributed by atoms with Crippen LogP contribution in [0.3, 0.4) is 0 Å². The first-order valence-electron chi connectivity index (χ1n) is 7.47. The van der Waals surface area contributed by atoms with Crippen LogP contribution in [-0.4, -0.2) is 30.5 Å². The number of hydrogen-bond donors (Lipinski definition) is 1. The van der Waals surface area contributed by atoms with Crippen LogP contribution in [0.1, 0.15) is 43.5 Å². The Morgan fingerprint density at radius 2 is 2.15 bits per heavy atom. The van der Waals surface area contributed by atoms with Crippen molar-refractivity contribution in [2.45, 2.75) is 33.1 Å². The van der Waals surface area contributed by atoms with Crippen LogP contribution < -0.4 is 10.5 Å². The molecular weight excluding hydrogens is 252 g/mol. The average molecular weight is 276 g/mol. The molecule has 0 atom stereocenters. The summed E-state index contributed by atoms with van der Waals surface area (Å²) in [6.45, 7) is 5.98. The van der Waals surface area contributed by atoms with Crippen LogP contribution in [0.15, 0.2) is 18.2 Å². The number of rotatable bonds is 6. The summed E-state index contributed by atoms with van der Waals surface area (Å²) < 4.78 is 5.56.